The molecule has 0 heterocycles. The van der Waals surface area contributed by atoms with Gasteiger partial charge in [-0.25, -0.2) is 4.79 Å². The minimum absolute atomic E-state index is 0.145. The van der Waals surface area contributed by atoms with Crippen molar-refractivity contribution in [2.75, 3.05) is 6.61 Å². The SMILES string of the molecule is O=C(NCc1cccc(Br)c1)NC(CO)c1ccccc1. The van der Waals surface area contributed by atoms with Crippen molar-refractivity contribution in [1.82, 2.24) is 10.6 Å². The van der Waals surface area contributed by atoms with Gasteiger partial charge in [-0.1, -0.05) is 58.4 Å². The van der Waals surface area contributed by atoms with Crippen LogP contribution in [0.5, 0.6) is 0 Å². The number of urea groups is 1. The van der Waals surface area contributed by atoms with Crippen molar-refractivity contribution < 1.29 is 9.90 Å². The number of halogens is 1. The van der Waals surface area contributed by atoms with Crippen LogP contribution in [0, 0.1) is 0 Å². The Morgan fingerprint density at radius 1 is 1.14 bits per heavy atom. The third-order valence-corrected chi connectivity index (χ3v) is 3.53. The Labute approximate surface area is 132 Å². The predicted molar refractivity (Wildman–Crippen MR) is 85.8 cm³/mol. The van der Waals surface area contributed by atoms with E-state index in [1.165, 1.54) is 0 Å². The fourth-order valence-electron chi connectivity index (χ4n) is 1.96. The molecule has 0 bridgehead atoms. The van der Waals surface area contributed by atoms with E-state index in [2.05, 4.69) is 26.6 Å². The first-order valence-corrected chi connectivity index (χ1v) is 7.43. The maximum Gasteiger partial charge on any atom is 0.315 e. The second-order valence-corrected chi connectivity index (χ2v) is 5.52. The summed E-state index contributed by atoms with van der Waals surface area (Å²) < 4.78 is 0.972. The van der Waals surface area contributed by atoms with Crippen LogP contribution in [-0.4, -0.2) is 17.7 Å². The Bertz CT molecular complexity index is 590. The minimum Gasteiger partial charge on any atom is -0.394 e. The molecule has 2 amide bonds. The van der Waals surface area contributed by atoms with Gasteiger partial charge in [0.1, 0.15) is 0 Å². The Morgan fingerprint density at radius 3 is 2.57 bits per heavy atom. The number of benzene rings is 2. The fraction of sp³-hybridized carbons (Fsp3) is 0.188. The van der Waals surface area contributed by atoms with Gasteiger partial charge < -0.3 is 15.7 Å². The molecule has 0 aromatic heterocycles. The summed E-state index contributed by atoms with van der Waals surface area (Å²) in [6.45, 7) is 0.284. The molecule has 0 spiro atoms. The summed E-state index contributed by atoms with van der Waals surface area (Å²) in [5, 5.41) is 14.9. The Balaban J connectivity index is 1.89. The Kier molecular flexibility index (Phi) is 5.78. The third-order valence-electron chi connectivity index (χ3n) is 3.03. The first-order chi connectivity index (χ1) is 10.2. The molecule has 0 aliphatic heterocycles. The number of amides is 2. The van der Waals surface area contributed by atoms with E-state index in [1.54, 1.807) is 0 Å². The molecule has 3 N–H and O–H groups in total. The van der Waals surface area contributed by atoms with Crippen LogP contribution in [0.4, 0.5) is 4.79 Å². The molecule has 0 aliphatic rings. The molecular formula is C16H17BrN2O2. The second kappa shape index (κ2) is 7.81. The van der Waals surface area contributed by atoms with E-state index in [1.807, 2.05) is 54.6 Å². The van der Waals surface area contributed by atoms with Crippen molar-refractivity contribution >= 4 is 22.0 Å². The fourth-order valence-corrected chi connectivity index (χ4v) is 2.40. The quantitative estimate of drug-likeness (QED) is 0.777. The van der Waals surface area contributed by atoms with Crippen molar-refractivity contribution in [3.63, 3.8) is 0 Å². The summed E-state index contributed by atoms with van der Waals surface area (Å²) >= 11 is 3.39. The lowest BCUT2D eigenvalue weighted by molar-refractivity contribution is 0.216. The van der Waals surface area contributed by atoms with Crippen molar-refractivity contribution in [3.8, 4) is 0 Å². The molecule has 0 aliphatic carbocycles. The number of carbonyl (C=O) groups excluding carboxylic acids is 1. The number of rotatable bonds is 5. The molecule has 0 saturated heterocycles. The molecular weight excluding hydrogens is 332 g/mol. The van der Waals surface area contributed by atoms with Gasteiger partial charge in [0.15, 0.2) is 0 Å². The zero-order valence-corrected chi connectivity index (χ0v) is 13.0. The van der Waals surface area contributed by atoms with Gasteiger partial charge >= 0.3 is 6.03 Å². The van der Waals surface area contributed by atoms with E-state index >= 15 is 0 Å². The molecule has 110 valence electrons. The molecule has 1 unspecified atom stereocenters. The van der Waals surface area contributed by atoms with E-state index in [4.69, 9.17) is 0 Å². The molecule has 0 radical (unpaired) electrons. The molecule has 0 fully saturated rings. The average molecular weight is 349 g/mol. The molecule has 2 rings (SSSR count). The molecule has 2 aromatic carbocycles. The third kappa shape index (κ3) is 4.88. The van der Waals surface area contributed by atoms with E-state index in [0.29, 0.717) is 6.54 Å². The van der Waals surface area contributed by atoms with Crippen molar-refractivity contribution in [3.05, 3.63) is 70.2 Å². The van der Waals surface area contributed by atoms with E-state index in [0.717, 1.165) is 15.6 Å². The summed E-state index contributed by atoms with van der Waals surface area (Å²) in [6, 6.07) is 16.4. The summed E-state index contributed by atoms with van der Waals surface area (Å²) in [7, 11) is 0. The van der Waals surface area contributed by atoms with Crippen LogP contribution in [0.15, 0.2) is 59.1 Å². The molecule has 1 atom stereocenters. The lowest BCUT2D eigenvalue weighted by atomic mass is 10.1. The summed E-state index contributed by atoms with van der Waals surface area (Å²) in [6.07, 6.45) is 0. The Hall–Kier alpha value is -1.85. The number of carbonyl (C=O) groups is 1. The summed E-state index contributed by atoms with van der Waals surface area (Å²) in [5.41, 5.74) is 1.87. The van der Waals surface area contributed by atoms with Gasteiger partial charge in [-0.05, 0) is 23.3 Å². The van der Waals surface area contributed by atoms with Crippen molar-refractivity contribution in [2.24, 2.45) is 0 Å². The topological polar surface area (TPSA) is 61.4 Å². The maximum absolute atomic E-state index is 11.9. The first kappa shape index (κ1) is 15.5. The lowest BCUT2D eigenvalue weighted by Crippen LogP contribution is -2.38. The average Bonchev–Trinajstić information content (AvgIpc) is 2.51. The van der Waals surface area contributed by atoms with Gasteiger partial charge in [-0.15, -0.1) is 0 Å². The largest absolute Gasteiger partial charge is 0.394 e. The highest BCUT2D eigenvalue weighted by Crippen LogP contribution is 2.12. The van der Waals surface area contributed by atoms with Crippen LogP contribution in [0.3, 0.4) is 0 Å². The van der Waals surface area contributed by atoms with Crippen LogP contribution in [0.25, 0.3) is 0 Å². The minimum atomic E-state index is -0.409. The molecule has 4 nitrogen and oxygen atoms in total. The highest BCUT2D eigenvalue weighted by atomic mass is 79.9. The first-order valence-electron chi connectivity index (χ1n) is 6.63. The maximum atomic E-state index is 11.9. The van der Waals surface area contributed by atoms with Crippen LogP contribution >= 0.6 is 15.9 Å². The number of nitrogens with one attached hydrogen (secondary N) is 2. The molecule has 21 heavy (non-hydrogen) atoms. The van der Waals surface area contributed by atoms with E-state index < -0.39 is 6.04 Å². The van der Waals surface area contributed by atoms with Crippen LogP contribution in [0.1, 0.15) is 17.2 Å². The van der Waals surface area contributed by atoms with Crippen LogP contribution in [0.2, 0.25) is 0 Å². The van der Waals surface area contributed by atoms with Crippen LogP contribution in [-0.2, 0) is 6.54 Å². The highest BCUT2D eigenvalue weighted by Gasteiger charge is 2.12. The smallest absolute Gasteiger partial charge is 0.315 e. The normalized spacial score (nSPS) is 11.7. The van der Waals surface area contributed by atoms with Crippen LogP contribution < -0.4 is 10.6 Å². The number of hydrogen-bond donors (Lipinski definition) is 3. The van der Waals surface area contributed by atoms with Gasteiger partial charge in [0.2, 0.25) is 0 Å². The van der Waals surface area contributed by atoms with Crippen molar-refractivity contribution in [1.29, 1.82) is 0 Å². The molecule has 2 aromatic rings. The second-order valence-electron chi connectivity index (χ2n) is 4.60. The predicted octanol–water partition coefficient (Wildman–Crippen LogP) is 2.98. The van der Waals surface area contributed by atoms with Gasteiger partial charge in [-0.3, -0.25) is 0 Å². The Morgan fingerprint density at radius 2 is 1.90 bits per heavy atom. The zero-order chi connectivity index (χ0) is 15.1. The van der Waals surface area contributed by atoms with Gasteiger partial charge in [0.25, 0.3) is 0 Å². The van der Waals surface area contributed by atoms with Gasteiger partial charge in [0.05, 0.1) is 12.6 Å². The lowest BCUT2D eigenvalue weighted by Gasteiger charge is -2.17. The number of aliphatic hydroxyl groups is 1. The molecule has 0 saturated carbocycles. The zero-order valence-electron chi connectivity index (χ0n) is 11.4. The van der Waals surface area contributed by atoms with E-state index in [-0.39, 0.29) is 12.6 Å². The standard InChI is InChI=1S/C16H17BrN2O2/c17-14-8-4-5-12(9-14)10-18-16(21)19-15(11-20)13-6-2-1-3-7-13/h1-9,15,20H,10-11H2,(H2,18,19,21). The van der Waals surface area contributed by atoms with E-state index in [9.17, 15) is 9.90 Å². The number of aliphatic hydroxyl groups excluding tert-OH is 1. The van der Waals surface area contributed by atoms with Gasteiger partial charge in [-0.2, -0.15) is 0 Å². The summed E-state index contributed by atoms with van der Waals surface area (Å²) in [4.78, 5) is 11.9. The highest BCUT2D eigenvalue weighted by molar-refractivity contribution is 9.10. The van der Waals surface area contributed by atoms with Gasteiger partial charge in [0, 0.05) is 11.0 Å². The molecule has 5 heteroatoms. The monoisotopic (exact) mass is 348 g/mol. The summed E-state index contributed by atoms with van der Waals surface area (Å²) in [5.74, 6) is 0. The van der Waals surface area contributed by atoms with Crippen molar-refractivity contribution in [2.45, 2.75) is 12.6 Å². The number of hydrogen-bond acceptors (Lipinski definition) is 2.